The molecule has 0 atom stereocenters. The summed E-state index contributed by atoms with van der Waals surface area (Å²) in [5.74, 6) is -0.366. The second kappa shape index (κ2) is 9.96. The maximum Gasteiger partial charge on any atom is 0.244 e. The molecule has 0 radical (unpaired) electrons. The van der Waals surface area contributed by atoms with E-state index in [4.69, 9.17) is 23.2 Å². The molecule has 1 N–H and O–H groups in total. The number of amides is 2. The molecule has 2 aromatic carbocycles. The fourth-order valence-corrected chi connectivity index (χ4v) is 3.57. The van der Waals surface area contributed by atoms with Crippen LogP contribution in [0.5, 0.6) is 0 Å². The van der Waals surface area contributed by atoms with Crippen LogP contribution in [-0.2, 0) is 9.59 Å². The predicted molar refractivity (Wildman–Crippen MR) is 118 cm³/mol. The first kappa shape index (κ1) is 21.4. The summed E-state index contributed by atoms with van der Waals surface area (Å²) in [4.78, 5) is 30.5. The van der Waals surface area contributed by atoms with E-state index in [0.717, 1.165) is 36.9 Å². The first-order valence-electron chi connectivity index (χ1n) is 9.43. The Morgan fingerprint density at radius 1 is 1.03 bits per heavy atom. The molecule has 1 fully saturated rings. The molecule has 0 saturated carbocycles. The number of nitrogens with zero attached hydrogens (tertiary/aromatic N) is 3. The lowest BCUT2D eigenvalue weighted by Gasteiger charge is -2.36. The van der Waals surface area contributed by atoms with Gasteiger partial charge in [0.2, 0.25) is 11.8 Å². The van der Waals surface area contributed by atoms with Gasteiger partial charge in [-0.1, -0.05) is 41.4 Å². The molecule has 2 aromatic rings. The van der Waals surface area contributed by atoms with Crippen molar-refractivity contribution in [1.82, 2.24) is 9.80 Å². The van der Waals surface area contributed by atoms with Crippen LogP contribution >= 0.6 is 23.2 Å². The molecule has 154 valence electrons. The van der Waals surface area contributed by atoms with Crippen LogP contribution in [0.25, 0.3) is 0 Å². The monoisotopic (exact) mass is 434 g/mol. The number of nitrogens with one attached hydrogen (secondary N) is 1. The number of para-hydroxylation sites is 1. The van der Waals surface area contributed by atoms with Crippen molar-refractivity contribution in [2.75, 3.05) is 56.5 Å². The van der Waals surface area contributed by atoms with Crippen LogP contribution in [0.4, 0.5) is 11.4 Å². The normalized spacial score (nSPS) is 14.5. The molecular weight excluding hydrogens is 411 g/mol. The Balaban J connectivity index is 1.44. The molecule has 1 aliphatic rings. The van der Waals surface area contributed by atoms with Gasteiger partial charge >= 0.3 is 0 Å². The van der Waals surface area contributed by atoms with Crippen molar-refractivity contribution in [3.8, 4) is 0 Å². The number of anilines is 2. The summed E-state index contributed by atoms with van der Waals surface area (Å²) in [6.07, 6.45) is 0. The second-order valence-electron chi connectivity index (χ2n) is 7.02. The second-order valence-corrected chi connectivity index (χ2v) is 7.86. The van der Waals surface area contributed by atoms with Crippen LogP contribution in [0.2, 0.25) is 10.0 Å². The van der Waals surface area contributed by atoms with E-state index >= 15 is 0 Å². The van der Waals surface area contributed by atoms with Gasteiger partial charge in [0, 0.05) is 43.9 Å². The lowest BCUT2D eigenvalue weighted by atomic mass is 10.2. The topological polar surface area (TPSA) is 55.9 Å². The third kappa shape index (κ3) is 6.10. The molecule has 6 nitrogen and oxygen atoms in total. The van der Waals surface area contributed by atoms with Gasteiger partial charge < -0.3 is 15.1 Å². The predicted octanol–water partition coefficient (Wildman–Crippen LogP) is 3.21. The van der Waals surface area contributed by atoms with Crippen molar-refractivity contribution in [3.05, 3.63) is 58.6 Å². The van der Waals surface area contributed by atoms with Crippen LogP contribution in [0.3, 0.4) is 0 Å². The lowest BCUT2D eigenvalue weighted by molar-refractivity contribution is -0.134. The van der Waals surface area contributed by atoms with Crippen LogP contribution in [0.1, 0.15) is 0 Å². The summed E-state index contributed by atoms with van der Waals surface area (Å²) < 4.78 is 0. The molecular formula is C21H24Cl2N4O2. The minimum atomic E-state index is -0.278. The highest BCUT2D eigenvalue weighted by Crippen LogP contribution is 2.21. The van der Waals surface area contributed by atoms with Gasteiger partial charge in [0.15, 0.2) is 0 Å². The quantitative estimate of drug-likeness (QED) is 0.757. The molecule has 0 spiro atoms. The van der Waals surface area contributed by atoms with Gasteiger partial charge in [0.25, 0.3) is 0 Å². The highest BCUT2D eigenvalue weighted by atomic mass is 35.5. The van der Waals surface area contributed by atoms with Crippen molar-refractivity contribution in [3.63, 3.8) is 0 Å². The Bertz CT molecular complexity index is 869. The minimum absolute atomic E-state index is 0.0213. The van der Waals surface area contributed by atoms with Crippen LogP contribution in [-0.4, -0.2) is 67.9 Å². The zero-order chi connectivity index (χ0) is 20.8. The van der Waals surface area contributed by atoms with Gasteiger partial charge in [-0.05, 0) is 30.3 Å². The minimum Gasteiger partial charge on any atom is -0.369 e. The van der Waals surface area contributed by atoms with Crippen molar-refractivity contribution >= 4 is 46.4 Å². The first-order valence-corrected chi connectivity index (χ1v) is 10.2. The van der Waals surface area contributed by atoms with Crippen molar-refractivity contribution < 1.29 is 9.59 Å². The summed E-state index contributed by atoms with van der Waals surface area (Å²) in [5.41, 5.74) is 1.63. The molecule has 0 aromatic heterocycles. The zero-order valence-corrected chi connectivity index (χ0v) is 17.8. The Kier molecular flexibility index (Phi) is 7.36. The maximum atomic E-state index is 12.5. The summed E-state index contributed by atoms with van der Waals surface area (Å²) in [6.45, 7) is 3.47. The number of piperazine rings is 1. The van der Waals surface area contributed by atoms with E-state index in [1.165, 1.54) is 4.90 Å². The highest BCUT2D eigenvalue weighted by molar-refractivity contribution is 6.33. The standard InChI is InChI=1S/C21H24Cl2N4O2/c1-25(14-20(28)24-19-8-3-2-7-18(19)23)21(29)15-26-9-11-27(12-10-26)17-6-4-5-16(22)13-17/h2-8,13H,9-12,14-15H2,1H3,(H,24,28). The molecule has 0 bridgehead atoms. The Morgan fingerprint density at radius 3 is 2.45 bits per heavy atom. The number of halogens is 2. The third-order valence-electron chi connectivity index (χ3n) is 4.86. The van der Waals surface area contributed by atoms with Gasteiger partial charge in [0.1, 0.15) is 0 Å². The highest BCUT2D eigenvalue weighted by Gasteiger charge is 2.22. The Morgan fingerprint density at radius 2 is 1.76 bits per heavy atom. The van der Waals surface area contributed by atoms with Crippen molar-refractivity contribution in [2.24, 2.45) is 0 Å². The number of rotatable bonds is 6. The van der Waals surface area contributed by atoms with Gasteiger partial charge in [-0.15, -0.1) is 0 Å². The number of carbonyl (C=O) groups excluding carboxylic acids is 2. The van der Waals surface area contributed by atoms with Crippen LogP contribution < -0.4 is 10.2 Å². The number of hydrogen-bond acceptors (Lipinski definition) is 4. The molecule has 29 heavy (non-hydrogen) atoms. The fraction of sp³-hybridized carbons (Fsp3) is 0.333. The third-order valence-corrected chi connectivity index (χ3v) is 5.42. The van der Waals surface area contributed by atoms with E-state index in [2.05, 4.69) is 15.1 Å². The SMILES string of the molecule is CN(CC(=O)Nc1ccccc1Cl)C(=O)CN1CCN(c2cccc(Cl)c2)CC1. The molecule has 2 amide bonds. The Hall–Kier alpha value is -2.28. The summed E-state index contributed by atoms with van der Waals surface area (Å²) in [7, 11) is 1.64. The van der Waals surface area contributed by atoms with E-state index in [-0.39, 0.29) is 18.4 Å². The Labute approximate surface area is 181 Å². The van der Waals surface area contributed by atoms with E-state index in [1.54, 1.807) is 31.3 Å². The molecule has 3 rings (SSSR count). The average Bonchev–Trinajstić information content (AvgIpc) is 2.70. The average molecular weight is 435 g/mol. The molecule has 1 heterocycles. The summed E-state index contributed by atoms with van der Waals surface area (Å²) in [5, 5.41) is 3.92. The number of hydrogen-bond donors (Lipinski definition) is 1. The number of benzene rings is 2. The van der Waals surface area contributed by atoms with Gasteiger partial charge in [-0.3, -0.25) is 14.5 Å². The number of carbonyl (C=O) groups is 2. The van der Waals surface area contributed by atoms with Gasteiger partial charge in [-0.25, -0.2) is 0 Å². The van der Waals surface area contributed by atoms with E-state index in [1.807, 2.05) is 24.3 Å². The largest absolute Gasteiger partial charge is 0.369 e. The maximum absolute atomic E-state index is 12.5. The van der Waals surface area contributed by atoms with Gasteiger partial charge in [0.05, 0.1) is 23.8 Å². The lowest BCUT2D eigenvalue weighted by Crippen LogP contribution is -2.50. The molecule has 1 saturated heterocycles. The van der Waals surface area contributed by atoms with Gasteiger partial charge in [-0.2, -0.15) is 0 Å². The summed E-state index contributed by atoms with van der Waals surface area (Å²) in [6, 6.07) is 14.8. The zero-order valence-electron chi connectivity index (χ0n) is 16.3. The first-order chi connectivity index (χ1) is 13.9. The smallest absolute Gasteiger partial charge is 0.244 e. The van der Waals surface area contributed by atoms with Crippen LogP contribution in [0, 0.1) is 0 Å². The molecule has 0 aliphatic carbocycles. The van der Waals surface area contributed by atoms with Crippen molar-refractivity contribution in [1.29, 1.82) is 0 Å². The molecule has 1 aliphatic heterocycles. The number of likely N-dealkylation sites (N-methyl/N-ethyl adjacent to an activating group) is 1. The van der Waals surface area contributed by atoms with E-state index < -0.39 is 0 Å². The van der Waals surface area contributed by atoms with E-state index in [0.29, 0.717) is 17.3 Å². The fourth-order valence-electron chi connectivity index (χ4n) is 3.20. The van der Waals surface area contributed by atoms with Crippen molar-refractivity contribution in [2.45, 2.75) is 0 Å². The van der Waals surface area contributed by atoms with Crippen LogP contribution in [0.15, 0.2) is 48.5 Å². The van der Waals surface area contributed by atoms with E-state index in [9.17, 15) is 9.59 Å². The summed E-state index contributed by atoms with van der Waals surface area (Å²) >= 11 is 12.1. The molecule has 0 unspecified atom stereocenters. The molecule has 8 heteroatoms.